The molecule has 32 heavy (non-hydrogen) atoms. The van der Waals surface area contributed by atoms with Crippen LogP contribution in [0.4, 0.5) is 0 Å². The summed E-state index contributed by atoms with van der Waals surface area (Å²) >= 11 is 0. The molecule has 0 saturated carbocycles. The lowest BCUT2D eigenvalue weighted by Crippen LogP contribution is -2.43. The second kappa shape index (κ2) is 11.8. The standard InChI is InChI=1S/C25H29N3O4/c29-16-23(14-22-15-26-17-27-22)28-25(32)21(13-24(30)31)8-4-5-18-9-11-20(12-10-18)19-6-2-1-3-7-19/h1-3,6-7,9-12,15,17,21,23,29H,4-5,8,13-14,16H2,(H,26,27)(H,28,32)(H,30,31)/t21-,23+/m1/s1. The molecule has 3 rings (SSSR count). The molecule has 0 radical (unpaired) electrons. The third-order valence-corrected chi connectivity index (χ3v) is 5.46. The van der Waals surface area contributed by atoms with E-state index >= 15 is 0 Å². The number of hydrogen-bond donors (Lipinski definition) is 4. The molecule has 168 valence electrons. The number of carbonyl (C=O) groups is 2. The Bertz CT molecular complexity index is 972. The summed E-state index contributed by atoms with van der Waals surface area (Å²) in [4.78, 5) is 30.9. The maximum absolute atomic E-state index is 12.7. The number of amides is 1. The smallest absolute Gasteiger partial charge is 0.304 e. The SMILES string of the molecule is O=C(O)C[C@@H](CCCc1ccc(-c2ccccc2)cc1)C(=O)N[C@H](CO)Cc1cnc[nH]1. The summed E-state index contributed by atoms with van der Waals surface area (Å²) < 4.78 is 0. The number of hydrogen-bond acceptors (Lipinski definition) is 4. The van der Waals surface area contributed by atoms with Crippen LogP contribution in [-0.2, 0) is 22.4 Å². The van der Waals surface area contributed by atoms with E-state index in [1.54, 1.807) is 6.20 Å². The maximum Gasteiger partial charge on any atom is 0.304 e. The first kappa shape index (κ1) is 23.2. The van der Waals surface area contributed by atoms with Crippen molar-refractivity contribution in [3.8, 4) is 11.1 Å². The van der Waals surface area contributed by atoms with Crippen LogP contribution < -0.4 is 5.32 Å². The zero-order valence-corrected chi connectivity index (χ0v) is 17.9. The lowest BCUT2D eigenvalue weighted by Gasteiger charge is -2.20. The van der Waals surface area contributed by atoms with Gasteiger partial charge in [0, 0.05) is 24.2 Å². The maximum atomic E-state index is 12.7. The molecule has 0 aliphatic carbocycles. The van der Waals surface area contributed by atoms with Gasteiger partial charge in [-0.3, -0.25) is 9.59 Å². The van der Waals surface area contributed by atoms with E-state index in [4.69, 9.17) is 0 Å². The molecule has 1 heterocycles. The minimum atomic E-state index is -1.01. The average Bonchev–Trinajstić information content (AvgIpc) is 3.32. The molecule has 0 spiro atoms. The largest absolute Gasteiger partial charge is 0.481 e. The number of aliphatic hydroxyl groups excluding tert-OH is 1. The zero-order chi connectivity index (χ0) is 22.8. The fourth-order valence-electron chi connectivity index (χ4n) is 3.73. The minimum Gasteiger partial charge on any atom is -0.481 e. The van der Waals surface area contributed by atoms with Gasteiger partial charge in [-0.2, -0.15) is 0 Å². The van der Waals surface area contributed by atoms with Gasteiger partial charge in [0.25, 0.3) is 0 Å². The lowest BCUT2D eigenvalue weighted by molar-refractivity contribution is -0.141. The third-order valence-electron chi connectivity index (χ3n) is 5.46. The van der Waals surface area contributed by atoms with Crippen molar-refractivity contribution >= 4 is 11.9 Å². The molecule has 2 aromatic carbocycles. The van der Waals surface area contributed by atoms with Crippen molar-refractivity contribution in [3.63, 3.8) is 0 Å². The molecule has 0 bridgehead atoms. The Morgan fingerprint density at radius 3 is 2.38 bits per heavy atom. The molecule has 0 aliphatic rings. The second-order valence-electron chi connectivity index (χ2n) is 7.92. The first-order valence-corrected chi connectivity index (χ1v) is 10.8. The van der Waals surface area contributed by atoms with Gasteiger partial charge in [-0.25, -0.2) is 4.98 Å². The van der Waals surface area contributed by atoms with Crippen LogP contribution in [0.1, 0.15) is 30.5 Å². The molecule has 0 saturated heterocycles. The number of rotatable bonds is 12. The second-order valence-corrected chi connectivity index (χ2v) is 7.92. The highest BCUT2D eigenvalue weighted by molar-refractivity contribution is 5.83. The van der Waals surface area contributed by atoms with Crippen molar-refractivity contribution in [1.29, 1.82) is 0 Å². The molecule has 0 fully saturated rings. The van der Waals surface area contributed by atoms with Gasteiger partial charge in [0.15, 0.2) is 0 Å². The summed E-state index contributed by atoms with van der Waals surface area (Å²) in [6.07, 6.45) is 5.24. The van der Waals surface area contributed by atoms with E-state index in [1.807, 2.05) is 18.2 Å². The Hall–Kier alpha value is -3.45. The summed E-state index contributed by atoms with van der Waals surface area (Å²) in [5, 5.41) is 21.6. The van der Waals surface area contributed by atoms with Gasteiger partial charge in [0.05, 0.1) is 25.4 Å². The summed E-state index contributed by atoms with van der Waals surface area (Å²) in [5.74, 6) is -2.00. The number of aromatic nitrogens is 2. The Labute approximate surface area is 187 Å². The molecule has 0 aliphatic heterocycles. The van der Waals surface area contributed by atoms with E-state index in [2.05, 4.69) is 51.7 Å². The quantitative estimate of drug-likeness (QED) is 0.349. The number of H-pyrrole nitrogens is 1. The van der Waals surface area contributed by atoms with Gasteiger partial charge in [-0.05, 0) is 36.0 Å². The molecule has 1 amide bonds. The molecule has 3 aromatic rings. The predicted octanol–water partition coefficient (Wildman–Crippen LogP) is 3.21. The number of carboxylic acids is 1. The normalized spacial score (nSPS) is 12.8. The monoisotopic (exact) mass is 435 g/mol. The van der Waals surface area contributed by atoms with Crippen LogP contribution in [0.15, 0.2) is 67.1 Å². The number of benzene rings is 2. The number of carbonyl (C=O) groups excluding carboxylic acids is 1. The summed E-state index contributed by atoms with van der Waals surface area (Å²) in [6, 6.07) is 17.9. The first-order valence-electron chi connectivity index (χ1n) is 10.8. The van der Waals surface area contributed by atoms with Crippen molar-refractivity contribution in [2.45, 2.75) is 38.1 Å². The van der Waals surface area contributed by atoms with Gasteiger partial charge < -0.3 is 20.5 Å². The number of aromatic amines is 1. The highest BCUT2D eigenvalue weighted by Crippen LogP contribution is 2.21. The van der Waals surface area contributed by atoms with Crippen molar-refractivity contribution in [3.05, 3.63) is 78.4 Å². The lowest BCUT2D eigenvalue weighted by atomic mass is 9.94. The Morgan fingerprint density at radius 1 is 1.03 bits per heavy atom. The van der Waals surface area contributed by atoms with E-state index in [1.165, 1.54) is 6.33 Å². The van der Waals surface area contributed by atoms with E-state index < -0.39 is 17.9 Å². The summed E-state index contributed by atoms with van der Waals surface area (Å²) in [5.41, 5.74) is 4.24. The Balaban J connectivity index is 1.53. The Morgan fingerprint density at radius 2 is 1.75 bits per heavy atom. The van der Waals surface area contributed by atoms with Crippen LogP contribution in [0.3, 0.4) is 0 Å². The number of nitrogens with zero attached hydrogens (tertiary/aromatic N) is 1. The van der Waals surface area contributed by atoms with Gasteiger partial charge in [0.2, 0.25) is 5.91 Å². The first-order chi connectivity index (χ1) is 15.5. The van der Waals surface area contributed by atoms with Crippen molar-refractivity contribution in [1.82, 2.24) is 15.3 Å². The van der Waals surface area contributed by atoms with Crippen molar-refractivity contribution in [2.24, 2.45) is 5.92 Å². The van der Waals surface area contributed by atoms with E-state index in [-0.39, 0.29) is 18.9 Å². The topological polar surface area (TPSA) is 115 Å². The molecular formula is C25H29N3O4. The van der Waals surface area contributed by atoms with Gasteiger partial charge in [-0.15, -0.1) is 0 Å². The minimum absolute atomic E-state index is 0.235. The van der Waals surface area contributed by atoms with E-state index in [0.29, 0.717) is 19.3 Å². The van der Waals surface area contributed by atoms with Crippen LogP contribution in [-0.4, -0.2) is 44.7 Å². The molecule has 7 heteroatoms. The number of aliphatic carboxylic acids is 1. The van der Waals surface area contributed by atoms with Crippen molar-refractivity contribution in [2.75, 3.05) is 6.61 Å². The molecule has 0 unspecified atom stereocenters. The highest BCUT2D eigenvalue weighted by Gasteiger charge is 2.24. The summed E-state index contributed by atoms with van der Waals surface area (Å²) in [6.45, 7) is -0.238. The molecule has 7 nitrogen and oxygen atoms in total. The number of imidazole rings is 1. The van der Waals surface area contributed by atoms with Gasteiger partial charge in [-0.1, -0.05) is 54.6 Å². The van der Waals surface area contributed by atoms with Crippen LogP contribution in [0.25, 0.3) is 11.1 Å². The number of carboxylic acid groups (broad SMARTS) is 1. The van der Waals surface area contributed by atoms with E-state index in [9.17, 15) is 19.8 Å². The number of aliphatic hydroxyl groups is 1. The van der Waals surface area contributed by atoms with Crippen molar-refractivity contribution < 1.29 is 19.8 Å². The zero-order valence-electron chi connectivity index (χ0n) is 17.9. The van der Waals surface area contributed by atoms with Crippen LogP contribution >= 0.6 is 0 Å². The van der Waals surface area contributed by atoms with Crippen LogP contribution in [0.5, 0.6) is 0 Å². The average molecular weight is 436 g/mol. The van der Waals surface area contributed by atoms with E-state index in [0.717, 1.165) is 28.8 Å². The van der Waals surface area contributed by atoms with Crippen LogP contribution in [0, 0.1) is 5.92 Å². The highest BCUT2D eigenvalue weighted by atomic mass is 16.4. The predicted molar refractivity (Wildman–Crippen MR) is 122 cm³/mol. The molecule has 2 atom stereocenters. The van der Waals surface area contributed by atoms with Gasteiger partial charge in [0.1, 0.15) is 0 Å². The third kappa shape index (κ3) is 7.06. The number of aryl methyl sites for hydroxylation is 1. The fraction of sp³-hybridized carbons (Fsp3) is 0.320. The Kier molecular flexibility index (Phi) is 8.57. The molecule has 1 aromatic heterocycles. The molecule has 4 N–H and O–H groups in total. The number of nitrogens with one attached hydrogen (secondary N) is 2. The fourth-order valence-corrected chi connectivity index (χ4v) is 3.73. The summed E-state index contributed by atoms with van der Waals surface area (Å²) in [7, 11) is 0. The van der Waals surface area contributed by atoms with Gasteiger partial charge >= 0.3 is 5.97 Å². The van der Waals surface area contributed by atoms with Crippen LogP contribution in [0.2, 0.25) is 0 Å². The molecular weight excluding hydrogens is 406 g/mol.